The van der Waals surface area contributed by atoms with Crippen LogP contribution >= 0.6 is 0 Å². The Balaban J connectivity index is 1.71. The maximum Gasteiger partial charge on any atom is 0.0564 e. The fraction of sp³-hybridized carbons (Fsp3) is 0.190. The van der Waals surface area contributed by atoms with Crippen LogP contribution < -0.4 is 5.43 Å². The van der Waals surface area contributed by atoms with E-state index in [2.05, 4.69) is 91.3 Å². The minimum atomic E-state index is 1.00. The lowest BCUT2D eigenvalue weighted by atomic mass is 10.1. The number of aryl methyl sites for hydroxylation is 4. The molecule has 2 aromatic carbocycles. The summed E-state index contributed by atoms with van der Waals surface area (Å²) in [6, 6.07) is 18.9. The molecule has 0 bridgehead atoms. The molecule has 24 heavy (non-hydrogen) atoms. The highest BCUT2D eigenvalue weighted by atomic mass is 15.3. The van der Waals surface area contributed by atoms with Gasteiger partial charge in [0.15, 0.2) is 0 Å². The van der Waals surface area contributed by atoms with Crippen LogP contribution in [0, 0.1) is 27.7 Å². The Hall–Kier alpha value is -2.81. The molecule has 0 saturated heterocycles. The average molecular weight is 317 g/mol. The van der Waals surface area contributed by atoms with Crippen LogP contribution in [0.25, 0.3) is 5.69 Å². The smallest absolute Gasteiger partial charge is 0.0564 e. The third-order valence-corrected chi connectivity index (χ3v) is 4.34. The molecule has 3 heteroatoms. The minimum absolute atomic E-state index is 1.00. The molecule has 122 valence electrons. The highest BCUT2D eigenvalue weighted by molar-refractivity contribution is 5.80. The zero-order chi connectivity index (χ0) is 17.1. The van der Waals surface area contributed by atoms with Gasteiger partial charge in [0.2, 0.25) is 0 Å². The van der Waals surface area contributed by atoms with Crippen LogP contribution in [0.1, 0.15) is 28.1 Å². The molecule has 3 rings (SSSR count). The van der Waals surface area contributed by atoms with E-state index in [-0.39, 0.29) is 0 Å². The van der Waals surface area contributed by atoms with Crippen molar-refractivity contribution in [2.75, 3.05) is 5.43 Å². The highest BCUT2D eigenvalue weighted by Gasteiger charge is 2.03. The Bertz CT molecular complexity index is 851. The topological polar surface area (TPSA) is 29.3 Å². The average Bonchev–Trinajstić information content (AvgIpc) is 2.90. The number of nitrogens with zero attached hydrogens (tertiary/aromatic N) is 2. The molecule has 0 radical (unpaired) electrons. The van der Waals surface area contributed by atoms with Gasteiger partial charge in [0.1, 0.15) is 0 Å². The van der Waals surface area contributed by atoms with Crippen molar-refractivity contribution in [1.29, 1.82) is 0 Å². The monoisotopic (exact) mass is 317 g/mol. The van der Waals surface area contributed by atoms with Gasteiger partial charge in [-0.15, -0.1) is 0 Å². The SMILES string of the molecule is Cc1ccc(N/N=C/c2ccc(-n3c(C)ccc3C)cc2)cc1C. The first-order valence-corrected chi connectivity index (χ1v) is 8.16. The molecule has 1 heterocycles. The van der Waals surface area contributed by atoms with Crippen molar-refractivity contribution >= 4 is 11.9 Å². The van der Waals surface area contributed by atoms with Gasteiger partial charge in [-0.3, -0.25) is 5.43 Å². The van der Waals surface area contributed by atoms with Crippen molar-refractivity contribution in [2.24, 2.45) is 5.10 Å². The lowest BCUT2D eigenvalue weighted by Gasteiger charge is -2.09. The maximum atomic E-state index is 4.33. The van der Waals surface area contributed by atoms with Gasteiger partial charge in [-0.25, -0.2) is 0 Å². The summed E-state index contributed by atoms with van der Waals surface area (Å²) in [4.78, 5) is 0. The van der Waals surface area contributed by atoms with Crippen molar-refractivity contribution in [2.45, 2.75) is 27.7 Å². The second-order valence-electron chi connectivity index (χ2n) is 6.21. The molecule has 0 aliphatic rings. The Morgan fingerprint density at radius 1 is 0.792 bits per heavy atom. The van der Waals surface area contributed by atoms with Gasteiger partial charge in [0.05, 0.1) is 11.9 Å². The molecule has 0 fully saturated rings. The zero-order valence-corrected chi connectivity index (χ0v) is 14.7. The lowest BCUT2D eigenvalue weighted by molar-refractivity contribution is 0.966. The number of benzene rings is 2. The molecule has 0 saturated carbocycles. The predicted octanol–water partition coefficient (Wildman–Crippen LogP) is 5.16. The molecule has 3 aromatic rings. The Morgan fingerprint density at radius 3 is 2.08 bits per heavy atom. The number of hydrogen-bond donors (Lipinski definition) is 1. The standard InChI is InChI=1S/C21H23N3/c1-15-5-10-20(13-16(15)2)23-22-14-19-8-11-21(12-9-19)24-17(3)6-7-18(24)4/h5-14,23H,1-4H3/b22-14+. The molecule has 0 unspecified atom stereocenters. The van der Waals surface area contributed by atoms with Crippen LogP contribution in [-0.2, 0) is 0 Å². The summed E-state index contributed by atoms with van der Waals surface area (Å²) < 4.78 is 2.24. The van der Waals surface area contributed by atoms with Crippen molar-refractivity contribution in [1.82, 2.24) is 4.57 Å². The van der Waals surface area contributed by atoms with Crippen LogP contribution in [0.3, 0.4) is 0 Å². The number of hydrazone groups is 1. The van der Waals surface area contributed by atoms with E-state index < -0.39 is 0 Å². The van der Waals surface area contributed by atoms with E-state index >= 15 is 0 Å². The third-order valence-electron chi connectivity index (χ3n) is 4.34. The van der Waals surface area contributed by atoms with Crippen LogP contribution in [0.4, 0.5) is 5.69 Å². The van der Waals surface area contributed by atoms with Gasteiger partial charge < -0.3 is 4.57 Å². The second-order valence-corrected chi connectivity index (χ2v) is 6.21. The van der Waals surface area contributed by atoms with Crippen molar-refractivity contribution in [3.8, 4) is 5.69 Å². The Morgan fingerprint density at radius 2 is 1.46 bits per heavy atom. The van der Waals surface area contributed by atoms with E-state index in [9.17, 15) is 0 Å². The minimum Gasteiger partial charge on any atom is -0.319 e. The Kier molecular flexibility index (Phi) is 4.52. The molecule has 1 aromatic heterocycles. The molecule has 0 amide bonds. The predicted molar refractivity (Wildman–Crippen MR) is 102 cm³/mol. The van der Waals surface area contributed by atoms with E-state index in [4.69, 9.17) is 0 Å². The van der Waals surface area contributed by atoms with Gasteiger partial charge in [-0.2, -0.15) is 5.10 Å². The molecule has 0 aliphatic heterocycles. The molecule has 0 atom stereocenters. The van der Waals surface area contributed by atoms with Crippen molar-refractivity contribution in [3.05, 3.63) is 82.7 Å². The summed E-state index contributed by atoms with van der Waals surface area (Å²) in [7, 11) is 0. The van der Waals surface area contributed by atoms with Gasteiger partial charge in [-0.1, -0.05) is 18.2 Å². The van der Waals surface area contributed by atoms with Crippen molar-refractivity contribution in [3.63, 3.8) is 0 Å². The number of hydrogen-bond acceptors (Lipinski definition) is 2. The number of rotatable bonds is 4. The summed E-state index contributed by atoms with van der Waals surface area (Å²) in [6.07, 6.45) is 1.84. The second kappa shape index (κ2) is 6.75. The van der Waals surface area contributed by atoms with Crippen LogP contribution in [0.5, 0.6) is 0 Å². The molecule has 1 N–H and O–H groups in total. The van der Waals surface area contributed by atoms with E-state index in [1.165, 1.54) is 28.2 Å². The summed E-state index contributed by atoms with van der Waals surface area (Å²) in [5.74, 6) is 0. The highest BCUT2D eigenvalue weighted by Crippen LogP contribution is 2.17. The Labute approximate surface area is 143 Å². The van der Waals surface area contributed by atoms with E-state index in [1.54, 1.807) is 0 Å². The van der Waals surface area contributed by atoms with E-state index in [0.29, 0.717) is 0 Å². The first-order chi connectivity index (χ1) is 11.5. The first kappa shape index (κ1) is 16.1. The third kappa shape index (κ3) is 3.40. The number of nitrogens with one attached hydrogen (secondary N) is 1. The van der Waals surface area contributed by atoms with E-state index in [0.717, 1.165) is 11.3 Å². The summed E-state index contributed by atoms with van der Waals surface area (Å²) in [5.41, 5.74) is 11.4. The number of aromatic nitrogens is 1. The van der Waals surface area contributed by atoms with Gasteiger partial charge in [-0.05, 0) is 80.8 Å². The van der Waals surface area contributed by atoms with Crippen LogP contribution in [-0.4, -0.2) is 10.8 Å². The van der Waals surface area contributed by atoms with Crippen molar-refractivity contribution < 1.29 is 0 Å². The lowest BCUT2D eigenvalue weighted by Crippen LogP contribution is -1.98. The molecule has 3 nitrogen and oxygen atoms in total. The molecular weight excluding hydrogens is 294 g/mol. The normalized spacial score (nSPS) is 11.2. The summed E-state index contributed by atoms with van der Waals surface area (Å²) in [6.45, 7) is 8.46. The number of anilines is 1. The molecule has 0 aliphatic carbocycles. The first-order valence-electron chi connectivity index (χ1n) is 8.16. The van der Waals surface area contributed by atoms with Gasteiger partial charge in [0.25, 0.3) is 0 Å². The summed E-state index contributed by atoms with van der Waals surface area (Å²) in [5, 5.41) is 4.33. The maximum absolute atomic E-state index is 4.33. The van der Waals surface area contributed by atoms with Gasteiger partial charge in [0, 0.05) is 17.1 Å². The molecular formula is C21H23N3. The van der Waals surface area contributed by atoms with Crippen LogP contribution in [0.15, 0.2) is 59.7 Å². The fourth-order valence-corrected chi connectivity index (χ4v) is 2.78. The molecule has 0 spiro atoms. The quantitative estimate of drug-likeness (QED) is 0.523. The largest absolute Gasteiger partial charge is 0.319 e. The zero-order valence-electron chi connectivity index (χ0n) is 14.7. The fourth-order valence-electron chi connectivity index (χ4n) is 2.78. The van der Waals surface area contributed by atoms with Gasteiger partial charge >= 0.3 is 0 Å². The van der Waals surface area contributed by atoms with E-state index in [1.807, 2.05) is 12.3 Å². The van der Waals surface area contributed by atoms with Crippen LogP contribution in [0.2, 0.25) is 0 Å². The summed E-state index contributed by atoms with van der Waals surface area (Å²) >= 11 is 0.